The molecule has 29 heavy (non-hydrogen) atoms. The topological polar surface area (TPSA) is 24.5 Å². The van der Waals surface area contributed by atoms with Crippen molar-refractivity contribution in [3.63, 3.8) is 0 Å². The molecule has 0 spiro atoms. The van der Waals surface area contributed by atoms with E-state index in [0.29, 0.717) is 6.04 Å². The van der Waals surface area contributed by atoms with Crippen LogP contribution in [0.4, 0.5) is 0 Å². The lowest BCUT2D eigenvalue weighted by molar-refractivity contribution is 0.143. The summed E-state index contributed by atoms with van der Waals surface area (Å²) in [5, 5.41) is 4.52. The Hall–Kier alpha value is -2.23. The molecule has 1 unspecified atom stereocenters. The molecule has 4 heteroatoms. The summed E-state index contributed by atoms with van der Waals surface area (Å²) in [4.78, 5) is 2.59. The predicted molar refractivity (Wildman–Crippen MR) is 121 cm³/mol. The second-order valence-corrected chi connectivity index (χ2v) is 8.21. The smallest absolute Gasteiger partial charge is 0.124 e. The standard InChI is InChI=1S/C25H29ClN2O/c1-3-8-22(19-9-4-6-11-21(19)26)27-23-17-28(15-13-18(23)2)24-14-16-29-25-12-7-5-10-20(24)25/h4-12,24,27H,3,13-17H2,1-2H3/b22-8+. The largest absolute Gasteiger partial charge is 0.493 e. The van der Waals surface area contributed by atoms with Gasteiger partial charge in [-0.3, -0.25) is 4.90 Å². The van der Waals surface area contributed by atoms with E-state index in [1.165, 1.54) is 16.8 Å². The molecule has 0 amide bonds. The Kier molecular flexibility index (Phi) is 6.27. The Bertz CT molecular complexity index is 934. The van der Waals surface area contributed by atoms with Crippen LogP contribution < -0.4 is 10.1 Å². The van der Waals surface area contributed by atoms with Crippen molar-refractivity contribution in [2.24, 2.45) is 0 Å². The van der Waals surface area contributed by atoms with Crippen molar-refractivity contribution in [2.45, 2.75) is 39.2 Å². The number of fused-ring (bicyclic) bond motifs is 1. The van der Waals surface area contributed by atoms with E-state index in [-0.39, 0.29) is 0 Å². The number of benzene rings is 2. The Labute approximate surface area is 179 Å². The van der Waals surface area contributed by atoms with Crippen molar-refractivity contribution >= 4 is 17.3 Å². The molecular weight excluding hydrogens is 380 g/mol. The number of nitrogens with zero attached hydrogens (tertiary/aromatic N) is 1. The fourth-order valence-electron chi connectivity index (χ4n) is 4.27. The number of rotatable bonds is 5. The molecular formula is C25H29ClN2O. The summed E-state index contributed by atoms with van der Waals surface area (Å²) in [5.41, 5.74) is 6.19. The molecule has 0 bridgehead atoms. The maximum Gasteiger partial charge on any atom is 0.124 e. The van der Waals surface area contributed by atoms with Crippen LogP contribution in [0.25, 0.3) is 5.70 Å². The maximum atomic E-state index is 6.49. The predicted octanol–water partition coefficient (Wildman–Crippen LogP) is 6.18. The highest BCUT2D eigenvalue weighted by molar-refractivity contribution is 6.32. The van der Waals surface area contributed by atoms with Crippen LogP contribution in [-0.2, 0) is 0 Å². The highest BCUT2D eigenvalue weighted by Gasteiger charge is 2.29. The van der Waals surface area contributed by atoms with Gasteiger partial charge in [-0.15, -0.1) is 0 Å². The van der Waals surface area contributed by atoms with E-state index in [4.69, 9.17) is 16.3 Å². The molecule has 2 aliphatic rings. The molecule has 1 atom stereocenters. The average Bonchev–Trinajstić information content (AvgIpc) is 2.75. The van der Waals surface area contributed by atoms with Gasteiger partial charge in [-0.05, 0) is 31.9 Å². The van der Waals surface area contributed by atoms with Gasteiger partial charge in [-0.1, -0.05) is 66.6 Å². The fourth-order valence-corrected chi connectivity index (χ4v) is 4.51. The second kappa shape index (κ2) is 9.06. The van der Waals surface area contributed by atoms with Crippen LogP contribution in [0.1, 0.15) is 50.3 Å². The maximum absolute atomic E-state index is 6.49. The number of hydrogen-bond donors (Lipinski definition) is 1. The normalized spacial score (nSPS) is 20.2. The molecule has 2 aromatic carbocycles. The molecule has 2 heterocycles. The minimum absolute atomic E-state index is 0.406. The van der Waals surface area contributed by atoms with Gasteiger partial charge in [0.15, 0.2) is 0 Å². The molecule has 3 nitrogen and oxygen atoms in total. The van der Waals surface area contributed by atoms with Gasteiger partial charge in [-0.2, -0.15) is 0 Å². The Balaban J connectivity index is 1.57. The highest BCUT2D eigenvalue weighted by atomic mass is 35.5. The van der Waals surface area contributed by atoms with Crippen LogP contribution in [0.5, 0.6) is 5.75 Å². The first-order chi connectivity index (χ1) is 14.2. The first-order valence-corrected chi connectivity index (χ1v) is 10.9. The van der Waals surface area contributed by atoms with E-state index >= 15 is 0 Å². The number of allylic oxidation sites excluding steroid dienone is 1. The van der Waals surface area contributed by atoms with Gasteiger partial charge in [0.1, 0.15) is 5.75 Å². The van der Waals surface area contributed by atoms with E-state index < -0.39 is 0 Å². The third kappa shape index (κ3) is 4.36. The summed E-state index contributed by atoms with van der Waals surface area (Å²) in [6, 6.07) is 16.9. The van der Waals surface area contributed by atoms with Crippen molar-refractivity contribution in [1.29, 1.82) is 0 Å². The van der Waals surface area contributed by atoms with Crippen LogP contribution in [0.2, 0.25) is 5.02 Å². The molecule has 152 valence electrons. The number of para-hydroxylation sites is 1. The van der Waals surface area contributed by atoms with E-state index in [9.17, 15) is 0 Å². The molecule has 0 saturated heterocycles. The zero-order chi connectivity index (χ0) is 20.2. The van der Waals surface area contributed by atoms with Gasteiger partial charge < -0.3 is 10.1 Å². The molecule has 0 radical (unpaired) electrons. The van der Waals surface area contributed by atoms with Crippen molar-refractivity contribution in [2.75, 3.05) is 19.7 Å². The van der Waals surface area contributed by atoms with Crippen LogP contribution >= 0.6 is 11.6 Å². The summed E-state index contributed by atoms with van der Waals surface area (Å²) in [6.07, 6.45) is 5.29. The molecule has 0 aliphatic carbocycles. The molecule has 0 aromatic heterocycles. The Morgan fingerprint density at radius 2 is 2.00 bits per heavy atom. The summed E-state index contributed by atoms with van der Waals surface area (Å²) in [6.45, 7) is 7.18. The molecule has 1 N–H and O–H groups in total. The number of hydrogen-bond acceptors (Lipinski definition) is 3. The van der Waals surface area contributed by atoms with Crippen molar-refractivity contribution in [1.82, 2.24) is 10.2 Å². The lowest BCUT2D eigenvalue weighted by Crippen LogP contribution is -2.40. The van der Waals surface area contributed by atoms with Crippen LogP contribution in [-0.4, -0.2) is 24.6 Å². The van der Waals surface area contributed by atoms with E-state index in [2.05, 4.69) is 60.5 Å². The monoisotopic (exact) mass is 408 g/mol. The zero-order valence-corrected chi connectivity index (χ0v) is 18.0. The van der Waals surface area contributed by atoms with Gasteiger partial charge in [-0.25, -0.2) is 0 Å². The number of ether oxygens (including phenoxy) is 1. The fraction of sp³-hybridized carbons (Fsp3) is 0.360. The lowest BCUT2D eigenvalue weighted by atomic mass is 9.96. The molecule has 0 fully saturated rings. The summed E-state index contributed by atoms with van der Waals surface area (Å²) in [5.74, 6) is 1.03. The highest BCUT2D eigenvalue weighted by Crippen LogP contribution is 2.37. The Morgan fingerprint density at radius 1 is 1.21 bits per heavy atom. The Morgan fingerprint density at radius 3 is 2.83 bits per heavy atom. The second-order valence-electron chi connectivity index (χ2n) is 7.80. The molecule has 0 saturated carbocycles. The minimum Gasteiger partial charge on any atom is -0.493 e. The first-order valence-electron chi connectivity index (χ1n) is 10.5. The average molecular weight is 409 g/mol. The van der Waals surface area contributed by atoms with Crippen molar-refractivity contribution in [3.8, 4) is 5.75 Å². The van der Waals surface area contributed by atoms with Gasteiger partial charge in [0.2, 0.25) is 0 Å². The minimum atomic E-state index is 0.406. The van der Waals surface area contributed by atoms with Crippen LogP contribution in [0.3, 0.4) is 0 Å². The van der Waals surface area contributed by atoms with Crippen LogP contribution in [0.15, 0.2) is 65.9 Å². The van der Waals surface area contributed by atoms with E-state index in [0.717, 1.165) is 61.0 Å². The van der Waals surface area contributed by atoms with Crippen LogP contribution in [0, 0.1) is 0 Å². The van der Waals surface area contributed by atoms with Gasteiger partial charge in [0.05, 0.1) is 6.61 Å². The van der Waals surface area contributed by atoms with E-state index in [1.54, 1.807) is 0 Å². The third-order valence-corrected chi connectivity index (χ3v) is 6.21. The van der Waals surface area contributed by atoms with Gasteiger partial charge >= 0.3 is 0 Å². The summed E-state index contributed by atoms with van der Waals surface area (Å²) < 4.78 is 5.88. The quantitative estimate of drug-likeness (QED) is 0.638. The SMILES string of the molecule is CC/C=C(/NC1=C(C)CCN(C2CCOc3ccccc32)C1)c1ccccc1Cl. The van der Waals surface area contributed by atoms with Crippen molar-refractivity contribution < 1.29 is 4.74 Å². The zero-order valence-electron chi connectivity index (χ0n) is 17.2. The van der Waals surface area contributed by atoms with Crippen molar-refractivity contribution in [3.05, 3.63) is 82.0 Å². The number of halogens is 1. The first kappa shape index (κ1) is 20.1. The lowest BCUT2D eigenvalue weighted by Gasteiger charge is -2.39. The number of nitrogens with one attached hydrogen (secondary N) is 1. The van der Waals surface area contributed by atoms with Gasteiger partial charge in [0.25, 0.3) is 0 Å². The summed E-state index contributed by atoms with van der Waals surface area (Å²) >= 11 is 6.49. The molecule has 4 rings (SSSR count). The summed E-state index contributed by atoms with van der Waals surface area (Å²) in [7, 11) is 0. The van der Waals surface area contributed by atoms with Gasteiger partial charge in [0, 0.05) is 53.1 Å². The van der Waals surface area contributed by atoms with E-state index in [1.807, 2.05) is 18.2 Å². The molecule has 2 aromatic rings. The molecule has 2 aliphatic heterocycles. The third-order valence-electron chi connectivity index (χ3n) is 5.88.